The van der Waals surface area contributed by atoms with Gasteiger partial charge in [-0.25, -0.2) is 0 Å². The molecule has 4 aromatic rings. The molecule has 211 valence electrons. The van der Waals surface area contributed by atoms with E-state index in [-0.39, 0.29) is 44.5 Å². The van der Waals surface area contributed by atoms with Crippen LogP contribution in [0.5, 0.6) is 0 Å². The third kappa shape index (κ3) is 9.98. The molecule has 0 fully saturated rings. The number of nitrogens with zero attached hydrogens (tertiary/aromatic N) is 2. The molecular weight excluding hydrogens is 661 g/mol. The molecule has 0 aliphatic rings. The summed E-state index contributed by atoms with van der Waals surface area (Å²) in [4.78, 5) is 20.6. The standard InChI is InChI=1S/C22H19N2.C11H20O2.CH3.Ir/c1-22(2,3)18-12-10-16(11-13-18)21-23-14-17-9-8-15-6-4-5-7-19(15)20(17)24-21;1-8(2)5-10(12)7-11(13)6-9(3)4;;/h4-10,12-14H,1-3H3;7-9,12H,5-6H2,1-4H3;1H3;/q-1;;-1;/b;10-7-;;. The minimum atomic E-state index is 0. The molecule has 1 N–H and O–H groups in total. The fourth-order valence-electron chi connectivity index (χ4n) is 4.05. The Balaban J connectivity index is 0.000000441. The number of aromatic nitrogens is 2. The molecule has 1 radical (unpaired) electrons. The molecule has 0 bridgehead atoms. The zero-order chi connectivity index (χ0) is 27.2. The Morgan fingerprint density at radius 1 is 0.949 bits per heavy atom. The molecule has 0 saturated heterocycles. The number of fused-ring (bicyclic) bond motifs is 3. The van der Waals surface area contributed by atoms with Gasteiger partial charge < -0.3 is 12.5 Å². The molecule has 0 saturated carbocycles. The quantitative estimate of drug-likeness (QED) is 0.0943. The van der Waals surface area contributed by atoms with Gasteiger partial charge in [-0.2, -0.15) is 0 Å². The van der Waals surface area contributed by atoms with Gasteiger partial charge >= 0.3 is 0 Å². The van der Waals surface area contributed by atoms with E-state index >= 15 is 0 Å². The van der Waals surface area contributed by atoms with E-state index in [4.69, 9.17) is 4.98 Å². The SMILES string of the molecule is CC(C)(C)c1c[c-]c(-c2ncc3ccc4ccccc4c3n2)cc1.CC(C)CC(=O)/C=C(\O)CC(C)C.[CH3-].[Ir]. The molecule has 0 atom stereocenters. The molecule has 0 spiro atoms. The van der Waals surface area contributed by atoms with Gasteiger partial charge in [0.2, 0.25) is 0 Å². The second-order valence-corrected chi connectivity index (χ2v) is 11.5. The zero-order valence-corrected chi connectivity index (χ0v) is 26.9. The monoisotopic (exact) mass is 703 g/mol. The van der Waals surface area contributed by atoms with Crippen LogP contribution < -0.4 is 0 Å². The van der Waals surface area contributed by atoms with Crippen LogP contribution in [0.3, 0.4) is 0 Å². The summed E-state index contributed by atoms with van der Waals surface area (Å²) < 4.78 is 0. The minimum absolute atomic E-state index is 0. The Hall–Kier alpha value is -2.88. The van der Waals surface area contributed by atoms with E-state index in [1.54, 1.807) is 0 Å². The second kappa shape index (κ2) is 15.1. The van der Waals surface area contributed by atoms with Gasteiger partial charge in [-0.3, -0.25) is 14.8 Å². The van der Waals surface area contributed by atoms with E-state index in [1.165, 1.54) is 17.0 Å². The number of aliphatic hydroxyl groups is 1. The first kappa shape index (κ1) is 34.1. The molecule has 1 aromatic heterocycles. The van der Waals surface area contributed by atoms with Gasteiger partial charge in [0.1, 0.15) is 0 Å². The van der Waals surface area contributed by atoms with E-state index in [1.807, 2.05) is 46.0 Å². The van der Waals surface area contributed by atoms with Gasteiger partial charge in [0.15, 0.2) is 5.78 Å². The third-order valence-electron chi connectivity index (χ3n) is 5.95. The van der Waals surface area contributed by atoms with Gasteiger partial charge in [-0.1, -0.05) is 84.9 Å². The Morgan fingerprint density at radius 3 is 2.18 bits per heavy atom. The van der Waals surface area contributed by atoms with Crippen LogP contribution in [0, 0.1) is 25.3 Å². The van der Waals surface area contributed by atoms with E-state index < -0.39 is 0 Å². The van der Waals surface area contributed by atoms with Crippen molar-refractivity contribution in [1.82, 2.24) is 9.97 Å². The molecule has 0 aliphatic carbocycles. The molecule has 1 heterocycles. The Morgan fingerprint density at radius 2 is 1.59 bits per heavy atom. The maximum atomic E-state index is 11.2. The molecule has 4 rings (SSSR count). The summed E-state index contributed by atoms with van der Waals surface area (Å²) >= 11 is 0. The normalized spacial score (nSPS) is 11.6. The number of carbonyl (C=O) groups is 1. The first-order valence-electron chi connectivity index (χ1n) is 13.0. The molecule has 0 amide bonds. The Bertz CT molecular complexity index is 1380. The van der Waals surface area contributed by atoms with Crippen molar-refractivity contribution in [2.45, 2.75) is 66.7 Å². The first-order chi connectivity index (χ1) is 17.4. The third-order valence-corrected chi connectivity index (χ3v) is 5.95. The van der Waals surface area contributed by atoms with E-state index in [0.717, 1.165) is 27.7 Å². The summed E-state index contributed by atoms with van der Waals surface area (Å²) in [5, 5.41) is 12.8. The summed E-state index contributed by atoms with van der Waals surface area (Å²) in [6.07, 6.45) is 4.36. The van der Waals surface area contributed by atoms with Gasteiger partial charge in [0.25, 0.3) is 0 Å². The largest absolute Gasteiger partial charge is 0.512 e. The fourth-order valence-corrected chi connectivity index (χ4v) is 4.05. The average molecular weight is 703 g/mol. The molecule has 5 heteroatoms. The van der Waals surface area contributed by atoms with Crippen molar-refractivity contribution in [3.63, 3.8) is 0 Å². The summed E-state index contributed by atoms with van der Waals surface area (Å²) in [7, 11) is 0. The van der Waals surface area contributed by atoms with Crippen LogP contribution in [0.4, 0.5) is 0 Å². The molecule has 0 unspecified atom stereocenters. The van der Waals surface area contributed by atoms with Crippen molar-refractivity contribution in [2.75, 3.05) is 0 Å². The summed E-state index contributed by atoms with van der Waals surface area (Å²) in [5.74, 6) is 1.70. The Labute approximate surface area is 248 Å². The molecule has 4 nitrogen and oxygen atoms in total. The maximum Gasteiger partial charge on any atom is 0.159 e. The van der Waals surface area contributed by atoms with Crippen LogP contribution in [0.2, 0.25) is 0 Å². The number of aliphatic hydroxyl groups excluding tert-OH is 1. The first-order valence-corrected chi connectivity index (χ1v) is 13.0. The minimum Gasteiger partial charge on any atom is -0.512 e. The van der Waals surface area contributed by atoms with Gasteiger partial charge in [-0.15, -0.1) is 35.4 Å². The van der Waals surface area contributed by atoms with Crippen LogP contribution in [0.25, 0.3) is 33.1 Å². The number of rotatable bonds is 6. The van der Waals surface area contributed by atoms with Crippen LogP contribution in [0.15, 0.2) is 72.6 Å². The van der Waals surface area contributed by atoms with Crippen LogP contribution in [0.1, 0.15) is 66.9 Å². The van der Waals surface area contributed by atoms with Gasteiger partial charge in [0, 0.05) is 56.0 Å². The number of carbonyl (C=O) groups excluding carboxylic acids is 1. The summed E-state index contributed by atoms with van der Waals surface area (Å²) in [6, 6.07) is 22.1. The predicted octanol–water partition coefficient (Wildman–Crippen LogP) is 9.09. The van der Waals surface area contributed by atoms with Gasteiger partial charge in [-0.05, 0) is 22.6 Å². The van der Waals surface area contributed by atoms with Crippen LogP contribution in [-0.2, 0) is 30.3 Å². The molecule has 3 aromatic carbocycles. The number of hydrogen-bond acceptors (Lipinski definition) is 4. The number of benzene rings is 3. The van der Waals surface area contributed by atoms with Crippen molar-refractivity contribution < 1.29 is 30.0 Å². The maximum absolute atomic E-state index is 11.2. The molecule has 0 aliphatic heterocycles. The van der Waals surface area contributed by atoms with Crippen LogP contribution in [-0.4, -0.2) is 20.9 Å². The van der Waals surface area contributed by atoms with E-state index in [0.29, 0.717) is 24.7 Å². The van der Waals surface area contributed by atoms with E-state index in [2.05, 4.69) is 74.3 Å². The van der Waals surface area contributed by atoms with Crippen molar-refractivity contribution in [1.29, 1.82) is 0 Å². The topological polar surface area (TPSA) is 63.1 Å². The fraction of sp³-hybridized carbons (Fsp3) is 0.353. The number of hydrogen-bond donors (Lipinski definition) is 1. The van der Waals surface area contributed by atoms with Crippen molar-refractivity contribution in [3.05, 3.63) is 91.7 Å². The van der Waals surface area contributed by atoms with Crippen molar-refractivity contribution in [2.24, 2.45) is 11.8 Å². The second-order valence-electron chi connectivity index (χ2n) is 11.5. The predicted molar refractivity (Wildman–Crippen MR) is 161 cm³/mol. The number of ketones is 1. The van der Waals surface area contributed by atoms with Crippen LogP contribution >= 0.6 is 0 Å². The molecular formula is C34H42IrN2O2-2. The van der Waals surface area contributed by atoms with Gasteiger partial charge in [0.05, 0.1) is 17.1 Å². The summed E-state index contributed by atoms with van der Waals surface area (Å²) in [5.41, 5.74) is 3.30. The molecule has 39 heavy (non-hydrogen) atoms. The van der Waals surface area contributed by atoms with Crippen molar-refractivity contribution >= 4 is 27.5 Å². The summed E-state index contributed by atoms with van der Waals surface area (Å²) in [6.45, 7) is 14.6. The number of allylic oxidation sites excluding steroid dienone is 2. The van der Waals surface area contributed by atoms with E-state index in [9.17, 15) is 9.90 Å². The smallest absolute Gasteiger partial charge is 0.159 e. The average Bonchev–Trinajstić information content (AvgIpc) is 2.82. The van der Waals surface area contributed by atoms with Crippen molar-refractivity contribution in [3.8, 4) is 11.4 Å². The zero-order valence-electron chi connectivity index (χ0n) is 24.5. The Kier molecular flexibility index (Phi) is 13.2.